The Morgan fingerprint density at radius 2 is 1.43 bits per heavy atom. The zero-order chi connectivity index (χ0) is 32.8. The molecule has 245 valence electrons. The molecule has 5 heteroatoms. The van der Waals surface area contributed by atoms with E-state index in [1.165, 1.54) is 49.1 Å². The van der Waals surface area contributed by atoms with Crippen LogP contribution in [0, 0.1) is 23.8 Å². The van der Waals surface area contributed by atoms with Crippen LogP contribution in [0.2, 0.25) is 0 Å². The standard InChI is InChI=1S/C31H24NS.C11H20O2.Ir/c1-20(2)18-21-19-28(32-27-15-7-5-10-22(21)27)26-14-9-17-30-31(26)25-13-4-3-11-23(25)24-12-6-8-16-29(24)33-30;1-8(2)5-10(12)7-11(13)6-9(3)4;/h3-13,15-17,19-20H,18H2,1-2H3;7-9,12H,5-6H2,1-4H3;/q-1;;/b;10-7-;. The van der Waals surface area contributed by atoms with Gasteiger partial charge >= 0.3 is 0 Å². The molecule has 0 aliphatic carbocycles. The molecule has 3 nitrogen and oxygen atoms in total. The molecule has 1 N–H and O–H groups in total. The van der Waals surface area contributed by atoms with Crippen LogP contribution in [0.15, 0.2) is 113 Å². The predicted octanol–water partition coefficient (Wildman–Crippen LogP) is 11.8. The SMILES string of the molecule is CC(C)CC(=O)/C=C(\O)CC(C)C.CC(C)Cc1cc(-c2[c-]ccc3c2-c2ccccc2-c2ccccc2S3)nc2ccccc12.[Ir]. The minimum Gasteiger partial charge on any atom is -0.512 e. The van der Waals surface area contributed by atoms with Gasteiger partial charge in [0.1, 0.15) is 0 Å². The third kappa shape index (κ3) is 9.10. The van der Waals surface area contributed by atoms with Crippen LogP contribution in [-0.4, -0.2) is 15.9 Å². The van der Waals surface area contributed by atoms with Crippen LogP contribution in [0.1, 0.15) is 59.9 Å². The van der Waals surface area contributed by atoms with E-state index in [0.717, 1.165) is 23.2 Å². The Bertz CT molecular complexity index is 1870. The van der Waals surface area contributed by atoms with E-state index in [0.29, 0.717) is 30.6 Å². The van der Waals surface area contributed by atoms with Crippen LogP contribution in [0.4, 0.5) is 0 Å². The van der Waals surface area contributed by atoms with Crippen molar-refractivity contribution in [2.45, 2.75) is 70.6 Å². The molecule has 2 heterocycles. The number of carbonyl (C=O) groups excluding carboxylic acids is 1. The molecular formula is C42H44IrNO2S-. The van der Waals surface area contributed by atoms with Gasteiger partial charge in [0.15, 0.2) is 5.78 Å². The van der Waals surface area contributed by atoms with Crippen molar-refractivity contribution < 1.29 is 30.0 Å². The second-order valence-corrected chi connectivity index (χ2v) is 14.4. The largest absolute Gasteiger partial charge is 0.512 e. The number of aliphatic hydroxyl groups is 1. The van der Waals surface area contributed by atoms with Gasteiger partial charge in [-0.2, -0.15) is 0 Å². The summed E-state index contributed by atoms with van der Waals surface area (Å²) in [5.74, 6) is 1.55. The smallest absolute Gasteiger partial charge is 0.159 e. The zero-order valence-corrected chi connectivity index (χ0v) is 31.3. The molecule has 0 spiro atoms. The monoisotopic (exact) mass is 819 g/mol. The average Bonchev–Trinajstić information content (AvgIpc) is 3.15. The van der Waals surface area contributed by atoms with Gasteiger partial charge in [0, 0.05) is 49.3 Å². The average molecular weight is 819 g/mol. The number of ketones is 1. The van der Waals surface area contributed by atoms with Crippen LogP contribution in [-0.2, 0) is 31.3 Å². The van der Waals surface area contributed by atoms with Gasteiger partial charge in [-0.15, -0.1) is 35.5 Å². The third-order valence-corrected chi connectivity index (χ3v) is 8.93. The Kier molecular flexibility index (Phi) is 12.8. The van der Waals surface area contributed by atoms with Gasteiger partial charge in [-0.3, -0.25) is 9.78 Å². The van der Waals surface area contributed by atoms with Crippen LogP contribution in [0.25, 0.3) is 44.4 Å². The Hall–Kier alpha value is -3.50. The molecular weight excluding hydrogens is 775 g/mol. The molecule has 0 bridgehead atoms. The number of carbonyl (C=O) groups is 1. The maximum Gasteiger partial charge on any atom is 0.159 e. The van der Waals surface area contributed by atoms with Gasteiger partial charge in [-0.1, -0.05) is 124 Å². The minimum atomic E-state index is 0. The summed E-state index contributed by atoms with van der Waals surface area (Å²) in [5.41, 5.74) is 9.52. The molecule has 0 amide bonds. The first-order valence-corrected chi connectivity index (χ1v) is 17.1. The van der Waals surface area contributed by atoms with Crippen LogP contribution < -0.4 is 0 Å². The summed E-state index contributed by atoms with van der Waals surface area (Å²) in [6.45, 7) is 12.6. The summed E-state index contributed by atoms with van der Waals surface area (Å²) < 4.78 is 0. The molecule has 0 saturated heterocycles. The fraction of sp³-hybridized carbons (Fsp3) is 0.286. The number of pyridine rings is 1. The van der Waals surface area contributed by atoms with Crippen molar-refractivity contribution in [1.29, 1.82) is 0 Å². The van der Waals surface area contributed by atoms with Crippen LogP contribution >= 0.6 is 11.8 Å². The molecule has 5 aromatic rings. The molecule has 0 saturated carbocycles. The van der Waals surface area contributed by atoms with E-state index in [1.54, 1.807) is 0 Å². The van der Waals surface area contributed by atoms with Crippen molar-refractivity contribution >= 4 is 28.4 Å². The van der Waals surface area contributed by atoms with Crippen molar-refractivity contribution in [1.82, 2.24) is 4.98 Å². The first-order valence-electron chi connectivity index (χ1n) is 16.3. The number of rotatable bonds is 8. The van der Waals surface area contributed by atoms with Gasteiger partial charge in [0.25, 0.3) is 0 Å². The Morgan fingerprint density at radius 3 is 2.13 bits per heavy atom. The number of para-hydroxylation sites is 1. The first kappa shape index (κ1) is 36.3. The number of aliphatic hydroxyl groups excluding tert-OH is 1. The number of benzene rings is 4. The number of fused-ring (bicyclic) bond motifs is 6. The van der Waals surface area contributed by atoms with Gasteiger partial charge in [-0.25, -0.2) is 0 Å². The summed E-state index contributed by atoms with van der Waals surface area (Å²) in [7, 11) is 0. The topological polar surface area (TPSA) is 50.2 Å². The van der Waals surface area contributed by atoms with Gasteiger partial charge in [-0.05, 0) is 58.7 Å². The van der Waals surface area contributed by atoms with E-state index in [-0.39, 0.29) is 31.6 Å². The molecule has 1 aliphatic heterocycles. The zero-order valence-electron chi connectivity index (χ0n) is 28.1. The summed E-state index contributed by atoms with van der Waals surface area (Å²) in [6, 6.07) is 36.1. The van der Waals surface area contributed by atoms with E-state index in [2.05, 4.69) is 111 Å². The fourth-order valence-electron chi connectivity index (χ4n) is 5.98. The van der Waals surface area contributed by atoms with Crippen LogP contribution in [0.5, 0.6) is 0 Å². The number of hydrogen-bond acceptors (Lipinski definition) is 4. The molecule has 0 unspecified atom stereocenters. The molecule has 6 rings (SSSR count). The molecule has 1 aromatic heterocycles. The molecule has 47 heavy (non-hydrogen) atoms. The number of hydrogen-bond donors (Lipinski definition) is 1. The Labute approximate surface area is 298 Å². The van der Waals surface area contributed by atoms with Crippen molar-refractivity contribution in [3.05, 3.63) is 114 Å². The van der Waals surface area contributed by atoms with Crippen molar-refractivity contribution in [2.75, 3.05) is 0 Å². The van der Waals surface area contributed by atoms with Crippen molar-refractivity contribution in [3.8, 4) is 33.5 Å². The van der Waals surface area contributed by atoms with Crippen LogP contribution in [0.3, 0.4) is 0 Å². The maximum atomic E-state index is 11.2. The molecule has 4 aromatic carbocycles. The van der Waals surface area contributed by atoms with Crippen molar-refractivity contribution in [2.24, 2.45) is 17.8 Å². The number of allylic oxidation sites excluding steroid dienone is 2. The van der Waals surface area contributed by atoms with E-state index in [1.807, 2.05) is 39.5 Å². The number of nitrogens with zero attached hydrogens (tertiary/aromatic N) is 1. The van der Waals surface area contributed by atoms with E-state index >= 15 is 0 Å². The summed E-state index contributed by atoms with van der Waals surface area (Å²) in [5, 5.41) is 10.6. The molecule has 0 fully saturated rings. The van der Waals surface area contributed by atoms with Gasteiger partial charge < -0.3 is 5.11 Å². The maximum absolute atomic E-state index is 11.2. The predicted molar refractivity (Wildman–Crippen MR) is 194 cm³/mol. The quantitative estimate of drug-likeness (QED) is 0.0944. The summed E-state index contributed by atoms with van der Waals surface area (Å²) in [6.07, 6.45) is 3.49. The second kappa shape index (κ2) is 16.6. The molecule has 0 atom stereocenters. The van der Waals surface area contributed by atoms with Crippen molar-refractivity contribution in [3.63, 3.8) is 0 Å². The third-order valence-electron chi connectivity index (χ3n) is 7.79. The second-order valence-electron chi connectivity index (χ2n) is 13.3. The molecule has 1 aliphatic rings. The fourth-order valence-corrected chi connectivity index (χ4v) is 7.10. The Balaban J connectivity index is 0.000000307. The minimum absolute atomic E-state index is 0. The van der Waals surface area contributed by atoms with Gasteiger partial charge in [0.05, 0.1) is 11.3 Å². The molecule has 1 radical (unpaired) electrons. The summed E-state index contributed by atoms with van der Waals surface area (Å²) >= 11 is 1.84. The van der Waals surface area contributed by atoms with Gasteiger partial charge in [0.2, 0.25) is 0 Å². The van der Waals surface area contributed by atoms with E-state index < -0.39 is 0 Å². The Morgan fingerprint density at radius 1 is 0.787 bits per heavy atom. The normalized spacial score (nSPS) is 12.1. The van der Waals surface area contributed by atoms with E-state index in [9.17, 15) is 9.90 Å². The number of aromatic nitrogens is 1. The van der Waals surface area contributed by atoms with E-state index in [4.69, 9.17) is 4.98 Å². The first-order chi connectivity index (χ1) is 22.1. The summed E-state index contributed by atoms with van der Waals surface area (Å²) in [4.78, 5) is 18.9.